The van der Waals surface area contributed by atoms with Crippen LogP contribution in [0.25, 0.3) is 0 Å². The number of rotatable bonds is 4. The van der Waals surface area contributed by atoms with Gasteiger partial charge in [-0.05, 0) is 30.1 Å². The minimum Gasteiger partial charge on any atom is -0.481 e. The normalized spacial score (nSPS) is 21.3. The first kappa shape index (κ1) is 16.1. The van der Waals surface area contributed by atoms with E-state index in [-0.39, 0.29) is 22.6 Å². The Bertz CT molecular complexity index is 523. The fourth-order valence-corrected chi connectivity index (χ4v) is 4.56. The van der Waals surface area contributed by atoms with Gasteiger partial charge >= 0.3 is 5.97 Å². The average molecular weight is 312 g/mol. The van der Waals surface area contributed by atoms with Crippen LogP contribution in [0.4, 0.5) is 5.95 Å². The van der Waals surface area contributed by atoms with Crippen LogP contribution in [0.5, 0.6) is 0 Å². The highest BCUT2D eigenvalue weighted by atomic mass is 32.2. The van der Waals surface area contributed by atoms with Gasteiger partial charge in [0, 0.05) is 6.04 Å². The van der Waals surface area contributed by atoms with Gasteiger partial charge in [0.25, 0.3) is 0 Å². The minimum atomic E-state index is -0.863. The number of carboxylic acid groups (broad SMARTS) is 1. The first-order chi connectivity index (χ1) is 9.60. The van der Waals surface area contributed by atoms with Gasteiger partial charge in [0.05, 0.1) is 5.75 Å². The van der Waals surface area contributed by atoms with Crippen molar-refractivity contribution < 1.29 is 9.90 Å². The molecular weight excluding hydrogens is 288 g/mol. The van der Waals surface area contributed by atoms with E-state index in [1.807, 2.05) is 4.57 Å². The summed E-state index contributed by atoms with van der Waals surface area (Å²) in [6, 6.07) is 0.218. The fraction of sp³-hybridized carbons (Fsp3) is 0.786. The largest absolute Gasteiger partial charge is 0.481 e. The summed E-state index contributed by atoms with van der Waals surface area (Å²) >= 11 is 1.18. The molecule has 1 aromatic heterocycles. The van der Waals surface area contributed by atoms with Crippen molar-refractivity contribution in [2.75, 3.05) is 11.5 Å². The third kappa shape index (κ3) is 3.90. The Morgan fingerprint density at radius 1 is 1.33 bits per heavy atom. The maximum absolute atomic E-state index is 10.8. The summed E-state index contributed by atoms with van der Waals surface area (Å²) in [6.45, 7) is 9.08. The molecule has 0 atom stereocenters. The first-order valence-corrected chi connectivity index (χ1v) is 8.13. The topological polar surface area (TPSA) is 94.0 Å². The maximum Gasteiger partial charge on any atom is 0.313 e. The van der Waals surface area contributed by atoms with Gasteiger partial charge in [0.15, 0.2) is 5.16 Å². The molecule has 21 heavy (non-hydrogen) atoms. The van der Waals surface area contributed by atoms with Gasteiger partial charge in [-0.2, -0.15) is 0 Å². The molecule has 0 radical (unpaired) electrons. The molecule has 0 unspecified atom stereocenters. The average Bonchev–Trinajstić information content (AvgIpc) is 2.63. The van der Waals surface area contributed by atoms with Crippen molar-refractivity contribution in [3.8, 4) is 0 Å². The number of nitrogens with two attached hydrogens (primary N) is 1. The van der Waals surface area contributed by atoms with Crippen molar-refractivity contribution >= 4 is 23.7 Å². The van der Waals surface area contributed by atoms with E-state index in [4.69, 9.17) is 10.8 Å². The second kappa shape index (κ2) is 5.51. The molecule has 1 aliphatic rings. The van der Waals surface area contributed by atoms with Crippen molar-refractivity contribution in [1.82, 2.24) is 14.8 Å². The number of nitrogen functional groups attached to an aromatic ring is 1. The predicted octanol–water partition coefficient (Wildman–Crippen LogP) is 2.81. The second-order valence-corrected chi connectivity index (χ2v) is 8.40. The van der Waals surface area contributed by atoms with Gasteiger partial charge < -0.3 is 10.8 Å². The lowest BCUT2D eigenvalue weighted by Crippen LogP contribution is -2.35. The fourth-order valence-electron chi connectivity index (χ4n) is 3.83. The molecule has 7 heteroatoms. The smallest absolute Gasteiger partial charge is 0.313 e. The van der Waals surface area contributed by atoms with Gasteiger partial charge in [-0.15, -0.1) is 10.2 Å². The predicted molar refractivity (Wildman–Crippen MR) is 83.2 cm³/mol. The van der Waals surface area contributed by atoms with Crippen molar-refractivity contribution in [2.24, 2.45) is 10.8 Å². The van der Waals surface area contributed by atoms with Crippen molar-refractivity contribution in [2.45, 2.75) is 58.2 Å². The zero-order chi connectivity index (χ0) is 15.8. The summed E-state index contributed by atoms with van der Waals surface area (Å²) in [6.07, 6.45) is 3.16. The molecule has 0 spiro atoms. The Hall–Kier alpha value is -1.24. The van der Waals surface area contributed by atoms with Crippen LogP contribution < -0.4 is 5.73 Å². The van der Waals surface area contributed by atoms with E-state index in [1.54, 1.807) is 0 Å². The van der Waals surface area contributed by atoms with Crippen LogP contribution in [0.2, 0.25) is 0 Å². The van der Waals surface area contributed by atoms with Crippen LogP contribution in [0.1, 0.15) is 53.0 Å². The molecule has 0 aliphatic heterocycles. The summed E-state index contributed by atoms with van der Waals surface area (Å²) in [5.41, 5.74) is 6.42. The van der Waals surface area contributed by atoms with Gasteiger partial charge in [-0.1, -0.05) is 39.5 Å². The quantitative estimate of drug-likeness (QED) is 0.830. The minimum absolute atomic E-state index is 0.0301. The lowest BCUT2D eigenvalue weighted by molar-refractivity contribution is -0.133. The van der Waals surface area contributed by atoms with Crippen LogP contribution in [0.15, 0.2) is 5.16 Å². The monoisotopic (exact) mass is 312 g/mol. The summed E-state index contributed by atoms with van der Waals surface area (Å²) in [7, 11) is 0. The molecule has 0 saturated heterocycles. The number of carboxylic acids is 1. The Kier molecular flexibility index (Phi) is 4.24. The molecule has 6 nitrogen and oxygen atoms in total. The number of aromatic nitrogens is 3. The molecule has 1 fully saturated rings. The summed E-state index contributed by atoms with van der Waals surface area (Å²) in [4.78, 5) is 10.8. The summed E-state index contributed by atoms with van der Waals surface area (Å²) < 4.78 is 1.93. The molecular formula is C14H24N4O2S. The Morgan fingerprint density at radius 2 is 1.90 bits per heavy atom. The number of thioether (sulfide) groups is 1. The zero-order valence-electron chi connectivity index (χ0n) is 13.1. The van der Waals surface area contributed by atoms with Gasteiger partial charge in [0.2, 0.25) is 5.95 Å². The van der Waals surface area contributed by atoms with E-state index in [9.17, 15) is 4.79 Å². The third-order valence-corrected chi connectivity index (χ3v) is 4.84. The lowest BCUT2D eigenvalue weighted by Gasteiger charge is -2.45. The van der Waals surface area contributed by atoms with E-state index < -0.39 is 5.97 Å². The Morgan fingerprint density at radius 3 is 2.43 bits per heavy atom. The van der Waals surface area contributed by atoms with Crippen molar-refractivity contribution in [1.29, 1.82) is 0 Å². The van der Waals surface area contributed by atoms with Crippen LogP contribution in [0.3, 0.4) is 0 Å². The van der Waals surface area contributed by atoms with E-state index in [1.165, 1.54) is 11.8 Å². The highest BCUT2D eigenvalue weighted by molar-refractivity contribution is 7.99. The molecule has 118 valence electrons. The number of nitrogens with zero attached hydrogens (tertiary/aromatic N) is 3. The number of carbonyl (C=O) groups is 1. The number of hydrogen-bond acceptors (Lipinski definition) is 5. The number of hydrogen-bond donors (Lipinski definition) is 2. The van der Waals surface area contributed by atoms with E-state index in [0.29, 0.717) is 11.1 Å². The van der Waals surface area contributed by atoms with E-state index >= 15 is 0 Å². The first-order valence-electron chi connectivity index (χ1n) is 7.15. The zero-order valence-corrected chi connectivity index (χ0v) is 13.9. The SMILES string of the molecule is CC1(C)CC(n2c(N)nnc2SCC(=O)O)CC(C)(C)C1. The number of anilines is 1. The summed E-state index contributed by atoms with van der Waals surface area (Å²) in [5.74, 6) is -0.517. The van der Waals surface area contributed by atoms with Crippen molar-refractivity contribution in [3.05, 3.63) is 0 Å². The molecule has 1 saturated carbocycles. The third-order valence-electron chi connectivity index (χ3n) is 3.91. The number of aliphatic carboxylic acids is 1. The maximum atomic E-state index is 10.8. The molecule has 3 N–H and O–H groups in total. The van der Waals surface area contributed by atoms with Crippen LogP contribution in [0, 0.1) is 10.8 Å². The van der Waals surface area contributed by atoms with Crippen molar-refractivity contribution in [3.63, 3.8) is 0 Å². The molecule has 1 aromatic rings. The van der Waals surface area contributed by atoms with Crippen LogP contribution >= 0.6 is 11.8 Å². The molecule has 1 aliphatic carbocycles. The van der Waals surface area contributed by atoms with E-state index in [2.05, 4.69) is 37.9 Å². The second-order valence-electron chi connectivity index (χ2n) is 7.46. The highest BCUT2D eigenvalue weighted by Gasteiger charge is 2.40. The van der Waals surface area contributed by atoms with Crippen LogP contribution in [-0.4, -0.2) is 31.6 Å². The van der Waals surface area contributed by atoms with Gasteiger partial charge in [-0.3, -0.25) is 9.36 Å². The van der Waals surface area contributed by atoms with Crippen LogP contribution in [-0.2, 0) is 4.79 Å². The molecule has 0 aromatic carbocycles. The molecule has 0 amide bonds. The standard InChI is InChI=1S/C14H24N4O2S/c1-13(2)5-9(6-14(3,4)8-13)18-11(15)16-17-12(18)21-7-10(19)20/h9H,5-8H2,1-4H3,(H2,15,16)(H,19,20). The Balaban J connectivity index is 2.28. The molecule has 1 heterocycles. The van der Waals surface area contributed by atoms with Gasteiger partial charge in [0.1, 0.15) is 0 Å². The highest BCUT2D eigenvalue weighted by Crippen LogP contribution is 2.51. The Labute approximate surface area is 129 Å². The van der Waals surface area contributed by atoms with E-state index in [0.717, 1.165) is 19.3 Å². The molecule has 0 bridgehead atoms. The van der Waals surface area contributed by atoms with Gasteiger partial charge in [-0.25, -0.2) is 0 Å². The lowest BCUT2D eigenvalue weighted by atomic mass is 9.63. The summed E-state index contributed by atoms with van der Waals surface area (Å²) in [5, 5.41) is 17.4. The molecule has 2 rings (SSSR count).